The molecular weight excluding hydrogens is 344 g/mol. The molecule has 2 fully saturated rings. The molecule has 2 aliphatic rings. The molecule has 0 aliphatic heterocycles. The summed E-state index contributed by atoms with van der Waals surface area (Å²) < 4.78 is 0. The summed E-state index contributed by atoms with van der Waals surface area (Å²) in [5.41, 5.74) is 4.46. The summed E-state index contributed by atoms with van der Waals surface area (Å²) in [5.74, 6) is 0.556. The smallest absolute Gasteiger partial charge is 0.229 e. The van der Waals surface area contributed by atoms with Gasteiger partial charge in [-0.05, 0) is 56.7 Å². The first-order valence-electron chi connectivity index (χ1n) is 9.39. The summed E-state index contributed by atoms with van der Waals surface area (Å²) in [6.45, 7) is 4.19. The number of ketones is 1. The van der Waals surface area contributed by atoms with E-state index < -0.39 is 0 Å². The average molecular weight is 369 g/mol. The number of aryl methyl sites for hydroxylation is 2. The van der Waals surface area contributed by atoms with Crippen LogP contribution in [0.2, 0.25) is 0 Å². The zero-order valence-electron chi connectivity index (χ0n) is 15.2. The van der Waals surface area contributed by atoms with E-state index in [-0.39, 0.29) is 23.7 Å². The molecule has 26 heavy (non-hydrogen) atoms. The minimum Gasteiger partial charge on any atom is -0.302 e. The lowest BCUT2D eigenvalue weighted by Crippen LogP contribution is -2.40. The Labute approximate surface area is 158 Å². The molecule has 1 aromatic carbocycles. The molecular formula is C21H24N2O2S. The molecule has 1 amide bonds. The van der Waals surface area contributed by atoms with Crippen molar-refractivity contribution in [3.8, 4) is 11.3 Å². The fraction of sp³-hybridized carbons (Fsp3) is 0.476. The number of nitrogens with zero attached hydrogens (tertiary/aromatic N) is 1. The average Bonchev–Trinajstić information content (AvgIpc) is 3.05. The van der Waals surface area contributed by atoms with Gasteiger partial charge < -0.3 is 5.32 Å². The molecule has 0 spiro atoms. The molecule has 1 unspecified atom stereocenters. The molecule has 0 radical (unpaired) electrons. The monoisotopic (exact) mass is 368 g/mol. The van der Waals surface area contributed by atoms with Crippen molar-refractivity contribution in [3.63, 3.8) is 0 Å². The third-order valence-corrected chi connectivity index (χ3v) is 6.71. The fourth-order valence-electron chi connectivity index (χ4n) is 4.27. The maximum absolute atomic E-state index is 12.7. The number of amides is 1. The van der Waals surface area contributed by atoms with E-state index in [4.69, 9.17) is 0 Å². The Morgan fingerprint density at radius 1 is 1.15 bits per heavy atom. The quantitative estimate of drug-likeness (QED) is 0.850. The van der Waals surface area contributed by atoms with Crippen LogP contribution in [-0.4, -0.2) is 16.7 Å². The summed E-state index contributed by atoms with van der Waals surface area (Å²) in [5, 5.41) is 5.62. The first kappa shape index (κ1) is 17.4. The lowest BCUT2D eigenvalue weighted by Gasteiger charge is -2.36. The van der Waals surface area contributed by atoms with Crippen LogP contribution in [0.25, 0.3) is 11.3 Å². The second-order valence-corrected chi connectivity index (χ2v) is 8.58. The number of carbonyl (C=O) groups excluding carboxylic acids is 2. The molecule has 2 aromatic rings. The maximum Gasteiger partial charge on any atom is 0.229 e. The number of hydrogen-bond donors (Lipinski definition) is 1. The normalized spacial score (nSPS) is 25.2. The standard InChI is InChI=1S/C21H24N2O2S/c1-12-6-7-14(8-13(12)2)18-11-26-21(22-18)23-20(25)17-9-15-4-3-5-16(10-17)19(15)24/h6-8,11,15-17H,3-5,9-10H2,1-2H3,(H,22,23,25)/t15-,16+,17?. The highest BCUT2D eigenvalue weighted by molar-refractivity contribution is 7.14. The van der Waals surface area contributed by atoms with Gasteiger partial charge in [0.05, 0.1) is 5.69 Å². The minimum absolute atomic E-state index is 0.0235. The number of hydrogen-bond acceptors (Lipinski definition) is 4. The van der Waals surface area contributed by atoms with Crippen molar-refractivity contribution in [1.82, 2.24) is 4.98 Å². The first-order chi connectivity index (χ1) is 12.5. The van der Waals surface area contributed by atoms with Gasteiger partial charge in [0, 0.05) is 28.7 Å². The van der Waals surface area contributed by atoms with E-state index in [1.54, 1.807) is 0 Å². The summed E-state index contributed by atoms with van der Waals surface area (Å²) >= 11 is 1.46. The van der Waals surface area contributed by atoms with Crippen LogP contribution in [0.1, 0.15) is 43.2 Å². The number of fused-ring (bicyclic) bond motifs is 2. The molecule has 1 N–H and O–H groups in total. The number of nitrogens with one attached hydrogen (secondary N) is 1. The SMILES string of the molecule is Cc1ccc(-c2csc(NC(=O)C3C[C@H]4CCC[C@@H](C3)C4=O)n2)cc1C. The molecule has 3 atom stereocenters. The predicted molar refractivity (Wildman–Crippen MR) is 104 cm³/mol. The Morgan fingerprint density at radius 2 is 1.88 bits per heavy atom. The van der Waals surface area contributed by atoms with Crippen molar-refractivity contribution >= 4 is 28.2 Å². The molecule has 2 saturated carbocycles. The van der Waals surface area contributed by atoms with Crippen LogP contribution in [0.15, 0.2) is 23.6 Å². The van der Waals surface area contributed by atoms with Crippen LogP contribution in [0.5, 0.6) is 0 Å². The van der Waals surface area contributed by atoms with E-state index in [0.29, 0.717) is 23.8 Å². The van der Waals surface area contributed by atoms with Gasteiger partial charge >= 0.3 is 0 Å². The largest absolute Gasteiger partial charge is 0.302 e. The van der Waals surface area contributed by atoms with Crippen molar-refractivity contribution < 1.29 is 9.59 Å². The number of benzene rings is 1. The Hall–Kier alpha value is -2.01. The van der Waals surface area contributed by atoms with Crippen LogP contribution in [-0.2, 0) is 9.59 Å². The van der Waals surface area contributed by atoms with E-state index in [0.717, 1.165) is 30.5 Å². The molecule has 0 saturated heterocycles. The molecule has 1 heterocycles. The molecule has 136 valence electrons. The number of anilines is 1. The number of rotatable bonds is 3. The molecule has 5 heteroatoms. The maximum atomic E-state index is 12.7. The second kappa shape index (κ2) is 6.95. The summed E-state index contributed by atoms with van der Waals surface area (Å²) in [7, 11) is 0. The lowest BCUT2D eigenvalue weighted by atomic mass is 9.67. The molecule has 1 aromatic heterocycles. The van der Waals surface area contributed by atoms with Crippen molar-refractivity contribution in [2.24, 2.45) is 17.8 Å². The fourth-order valence-corrected chi connectivity index (χ4v) is 4.99. The van der Waals surface area contributed by atoms with Crippen LogP contribution in [0.4, 0.5) is 5.13 Å². The summed E-state index contributed by atoms with van der Waals surface area (Å²) in [4.78, 5) is 29.5. The van der Waals surface area contributed by atoms with Gasteiger partial charge in [-0.15, -0.1) is 11.3 Å². The van der Waals surface area contributed by atoms with Gasteiger partial charge in [0.15, 0.2) is 5.13 Å². The van der Waals surface area contributed by atoms with E-state index in [1.165, 1.54) is 22.5 Å². The van der Waals surface area contributed by atoms with Gasteiger partial charge in [0.2, 0.25) is 5.91 Å². The van der Waals surface area contributed by atoms with E-state index >= 15 is 0 Å². The Bertz CT molecular complexity index is 841. The van der Waals surface area contributed by atoms with E-state index in [2.05, 4.69) is 42.3 Å². The van der Waals surface area contributed by atoms with E-state index in [9.17, 15) is 9.59 Å². The highest BCUT2D eigenvalue weighted by atomic mass is 32.1. The lowest BCUT2D eigenvalue weighted by molar-refractivity contribution is -0.136. The molecule has 2 bridgehead atoms. The highest BCUT2D eigenvalue weighted by Gasteiger charge is 2.41. The summed E-state index contributed by atoms with van der Waals surface area (Å²) in [6, 6.07) is 6.29. The molecule has 2 aliphatic carbocycles. The van der Waals surface area contributed by atoms with Gasteiger partial charge in [-0.1, -0.05) is 18.6 Å². The van der Waals surface area contributed by atoms with Gasteiger partial charge in [-0.2, -0.15) is 0 Å². The Kier molecular flexibility index (Phi) is 4.65. The zero-order valence-corrected chi connectivity index (χ0v) is 16.1. The Morgan fingerprint density at radius 3 is 2.58 bits per heavy atom. The Balaban J connectivity index is 1.45. The number of carbonyl (C=O) groups is 2. The molecule has 4 nitrogen and oxygen atoms in total. The van der Waals surface area contributed by atoms with Gasteiger partial charge in [0.1, 0.15) is 5.78 Å². The van der Waals surface area contributed by atoms with Crippen molar-refractivity contribution in [2.45, 2.75) is 46.0 Å². The minimum atomic E-state index is -0.0584. The second-order valence-electron chi connectivity index (χ2n) is 7.72. The third kappa shape index (κ3) is 3.32. The van der Waals surface area contributed by atoms with Crippen LogP contribution < -0.4 is 5.32 Å². The van der Waals surface area contributed by atoms with Crippen molar-refractivity contribution in [3.05, 3.63) is 34.7 Å². The van der Waals surface area contributed by atoms with Crippen molar-refractivity contribution in [1.29, 1.82) is 0 Å². The zero-order chi connectivity index (χ0) is 18.3. The number of aromatic nitrogens is 1. The topological polar surface area (TPSA) is 59.1 Å². The number of Topliss-reactive ketones (excluding diaryl/α,β-unsaturated/α-hetero) is 1. The van der Waals surface area contributed by atoms with Crippen LogP contribution >= 0.6 is 11.3 Å². The van der Waals surface area contributed by atoms with E-state index in [1.807, 2.05) is 5.38 Å². The third-order valence-electron chi connectivity index (χ3n) is 5.96. The van der Waals surface area contributed by atoms with Crippen LogP contribution in [0, 0.1) is 31.6 Å². The van der Waals surface area contributed by atoms with Gasteiger partial charge in [-0.3, -0.25) is 9.59 Å². The predicted octanol–water partition coefficient (Wildman–Crippen LogP) is 4.76. The van der Waals surface area contributed by atoms with Gasteiger partial charge in [-0.25, -0.2) is 4.98 Å². The first-order valence-corrected chi connectivity index (χ1v) is 10.3. The molecule has 4 rings (SSSR count). The summed E-state index contributed by atoms with van der Waals surface area (Å²) in [6.07, 6.45) is 4.44. The number of thiazole rings is 1. The van der Waals surface area contributed by atoms with Gasteiger partial charge in [0.25, 0.3) is 0 Å². The highest BCUT2D eigenvalue weighted by Crippen LogP contribution is 2.40. The van der Waals surface area contributed by atoms with Crippen molar-refractivity contribution in [2.75, 3.05) is 5.32 Å². The van der Waals surface area contributed by atoms with Crippen LogP contribution in [0.3, 0.4) is 0 Å².